The van der Waals surface area contributed by atoms with Gasteiger partial charge in [-0.05, 0) is 56.9 Å². The van der Waals surface area contributed by atoms with E-state index in [9.17, 15) is 19.8 Å². The largest absolute Gasteiger partial charge is 0.490 e. The van der Waals surface area contributed by atoms with Crippen molar-refractivity contribution in [3.8, 4) is 5.75 Å². The maximum Gasteiger partial charge on any atom is 0.335 e. The first-order chi connectivity index (χ1) is 12.2. The third kappa shape index (κ3) is 5.19. The van der Waals surface area contributed by atoms with Gasteiger partial charge in [0.25, 0.3) is 0 Å². The lowest BCUT2D eigenvalue weighted by Gasteiger charge is -2.35. The molecular weight excluding hydrogens is 338 g/mol. The van der Waals surface area contributed by atoms with Crippen molar-refractivity contribution in [2.45, 2.75) is 39.2 Å². The van der Waals surface area contributed by atoms with Gasteiger partial charge in [-0.2, -0.15) is 0 Å². The fraction of sp³-hybridized carbons (Fsp3) is 0.579. The van der Waals surface area contributed by atoms with Crippen molar-refractivity contribution < 1.29 is 29.6 Å². The second-order valence-electron chi connectivity index (χ2n) is 7.38. The van der Waals surface area contributed by atoms with Crippen LogP contribution in [-0.4, -0.2) is 64.5 Å². The summed E-state index contributed by atoms with van der Waals surface area (Å²) in [6.45, 7) is 5.38. The minimum atomic E-state index is -1.01. The molecule has 7 heteroatoms. The van der Waals surface area contributed by atoms with Crippen molar-refractivity contribution in [3.63, 3.8) is 0 Å². The molecule has 0 radical (unpaired) electrons. The van der Waals surface area contributed by atoms with Crippen LogP contribution in [0.4, 0.5) is 0 Å². The highest BCUT2D eigenvalue weighted by molar-refractivity contribution is 5.88. The Labute approximate surface area is 153 Å². The number of carbonyl (C=O) groups is 2. The number of benzene rings is 1. The molecule has 1 aromatic rings. The Hall–Kier alpha value is -2.12. The molecule has 0 saturated carbocycles. The van der Waals surface area contributed by atoms with Crippen LogP contribution in [0.1, 0.15) is 42.6 Å². The first-order valence-electron chi connectivity index (χ1n) is 8.82. The zero-order valence-electron chi connectivity index (χ0n) is 15.3. The summed E-state index contributed by atoms with van der Waals surface area (Å²) in [5.41, 5.74) is 0.0719. The van der Waals surface area contributed by atoms with Crippen LogP contribution in [0.15, 0.2) is 18.2 Å². The Morgan fingerprint density at radius 3 is 2.42 bits per heavy atom. The topological polar surface area (TPSA) is 107 Å². The molecule has 0 amide bonds. The highest BCUT2D eigenvalue weighted by atomic mass is 16.5. The van der Waals surface area contributed by atoms with Crippen LogP contribution in [0.25, 0.3) is 0 Å². The summed E-state index contributed by atoms with van der Waals surface area (Å²) in [5.74, 6) is -1.21. The number of hydrogen-bond donors (Lipinski definition) is 3. The molecule has 0 aromatic heterocycles. The van der Waals surface area contributed by atoms with E-state index in [-0.39, 0.29) is 18.3 Å². The third-order valence-electron chi connectivity index (χ3n) is 4.71. The number of rotatable bonds is 8. The molecule has 1 aliphatic heterocycles. The second-order valence-corrected chi connectivity index (χ2v) is 7.38. The number of likely N-dealkylation sites (tertiary alicyclic amines) is 1. The molecule has 1 aromatic carbocycles. The van der Waals surface area contributed by atoms with Gasteiger partial charge < -0.3 is 25.0 Å². The first kappa shape index (κ1) is 20.2. The van der Waals surface area contributed by atoms with Crippen molar-refractivity contribution in [1.82, 2.24) is 4.90 Å². The van der Waals surface area contributed by atoms with Gasteiger partial charge in [0.05, 0.1) is 11.0 Å². The molecule has 0 atom stereocenters. The predicted octanol–water partition coefficient (Wildman–Crippen LogP) is 1.87. The molecule has 0 spiro atoms. The number of aliphatic carboxylic acids is 1. The van der Waals surface area contributed by atoms with Crippen molar-refractivity contribution in [2.75, 3.05) is 26.2 Å². The van der Waals surface area contributed by atoms with E-state index in [1.165, 1.54) is 6.07 Å². The van der Waals surface area contributed by atoms with Crippen molar-refractivity contribution in [3.05, 3.63) is 29.3 Å². The fourth-order valence-electron chi connectivity index (χ4n) is 3.13. The van der Waals surface area contributed by atoms with Crippen molar-refractivity contribution in [2.24, 2.45) is 5.41 Å². The van der Waals surface area contributed by atoms with Crippen LogP contribution in [0.5, 0.6) is 5.75 Å². The summed E-state index contributed by atoms with van der Waals surface area (Å²) < 4.78 is 6.05. The fourth-order valence-corrected chi connectivity index (χ4v) is 3.13. The molecule has 0 aliphatic carbocycles. The van der Waals surface area contributed by atoms with Gasteiger partial charge in [-0.15, -0.1) is 0 Å². The van der Waals surface area contributed by atoms with E-state index in [4.69, 9.17) is 9.84 Å². The Morgan fingerprint density at radius 1 is 1.23 bits per heavy atom. The van der Waals surface area contributed by atoms with Crippen LogP contribution < -0.4 is 4.74 Å². The van der Waals surface area contributed by atoms with E-state index in [2.05, 4.69) is 4.90 Å². The maximum atomic E-state index is 11.3. The summed E-state index contributed by atoms with van der Waals surface area (Å²) in [5, 5.41) is 27.6. The van der Waals surface area contributed by atoms with E-state index in [0.717, 1.165) is 25.9 Å². The lowest BCUT2D eigenvalue weighted by atomic mass is 9.92. The van der Waals surface area contributed by atoms with E-state index < -0.39 is 17.4 Å². The molecule has 3 N–H and O–H groups in total. The molecule has 144 valence electrons. The second kappa shape index (κ2) is 8.51. The summed E-state index contributed by atoms with van der Waals surface area (Å²) in [6, 6.07) is 4.69. The van der Waals surface area contributed by atoms with Gasteiger partial charge in [0.2, 0.25) is 0 Å². The van der Waals surface area contributed by atoms with E-state index in [1.54, 1.807) is 26.0 Å². The molecule has 1 aliphatic rings. The molecule has 0 unspecified atom stereocenters. The van der Waals surface area contributed by atoms with Crippen LogP contribution in [0.3, 0.4) is 0 Å². The van der Waals surface area contributed by atoms with E-state index in [0.29, 0.717) is 24.3 Å². The van der Waals surface area contributed by atoms with Crippen LogP contribution in [0, 0.1) is 5.41 Å². The Kier molecular flexibility index (Phi) is 6.61. The number of aliphatic hydroxyl groups is 1. The van der Waals surface area contributed by atoms with Gasteiger partial charge in [0.1, 0.15) is 11.9 Å². The number of piperidine rings is 1. The van der Waals surface area contributed by atoms with Crippen LogP contribution in [-0.2, 0) is 11.2 Å². The normalized spacial score (nSPS) is 16.4. The quantitative estimate of drug-likeness (QED) is 0.645. The molecule has 0 bridgehead atoms. The van der Waals surface area contributed by atoms with Crippen molar-refractivity contribution >= 4 is 11.9 Å². The van der Waals surface area contributed by atoms with Gasteiger partial charge in [0, 0.05) is 26.2 Å². The number of hydrogen-bond acceptors (Lipinski definition) is 5. The Balaban J connectivity index is 1.97. The molecular formula is C19H27NO6. The van der Waals surface area contributed by atoms with Crippen LogP contribution >= 0.6 is 0 Å². The number of carboxylic acids is 2. The minimum Gasteiger partial charge on any atom is -0.490 e. The molecule has 1 fully saturated rings. The summed E-state index contributed by atoms with van der Waals surface area (Å²) in [7, 11) is 0. The predicted molar refractivity (Wildman–Crippen MR) is 95.7 cm³/mol. The molecule has 26 heavy (non-hydrogen) atoms. The minimum absolute atomic E-state index is 0.00712. The number of ether oxygens (including phenoxy) is 1. The number of aliphatic hydroxyl groups excluding tert-OH is 1. The average Bonchev–Trinajstić information content (AvgIpc) is 2.57. The SMILES string of the molecule is CC(C)(CN1CCC(Oc2ccc(C(=O)O)cc2CCO)CC1)C(=O)O. The number of nitrogens with zero attached hydrogens (tertiary/aromatic N) is 1. The van der Waals surface area contributed by atoms with Gasteiger partial charge in [-0.1, -0.05) is 0 Å². The Bertz CT molecular complexity index is 649. The standard InChI is InChI=1S/C19H27NO6/c1-19(2,18(24)25)12-20-8-5-15(6-9-20)26-16-4-3-14(17(22)23)11-13(16)7-10-21/h3-4,11,15,21H,5-10,12H2,1-2H3,(H,22,23)(H,24,25). The average molecular weight is 365 g/mol. The first-order valence-corrected chi connectivity index (χ1v) is 8.82. The van der Waals surface area contributed by atoms with Gasteiger partial charge in [0.15, 0.2) is 0 Å². The van der Waals surface area contributed by atoms with Gasteiger partial charge >= 0.3 is 11.9 Å². The lowest BCUT2D eigenvalue weighted by Crippen LogP contribution is -2.45. The molecule has 1 saturated heterocycles. The summed E-state index contributed by atoms with van der Waals surface area (Å²) in [6.07, 6.45) is 1.87. The Morgan fingerprint density at radius 2 is 1.88 bits per heavy atom. The highest BCUT2D eigenvalue weighted by Gasteiger charge is 2.32. The third-order valence-corrected chi connectivity index (χ3v) is 4.71. The summed E-state index contributed by atoms with van der Waals surface area (Å²) in [4.78, 5) is 24.5. The van der Waals surface area contributed by atoms with Crippen molar-refractivity contribution in [1.29, 1.82) is 0 Å². The summed E-state index contributed by atoms with van der Waals surface area (Å²) >= 11 is 0. The zero-order chi connectivity index (χ0) is 19.3. The van der Waals surface area contributed by atoms with Gasteiger partial charge in [-0.25, -0.2) is 4.79 Å². The molecule has 7 nitrogen and oxygen atoms in total. The smallest absolute Gasteiger partial charge is 0.335 e. The van der Waals surface area contributed by atoms with Crippen LogP contribution in [0.2, 0.25) is 0 Å². The monoisotopic (exact) mass is 365 g/mol. The maximum absolute atomic E-state index is 11.3. The van der Waals surface area contributed by atoms with E-state index >= 15 is 0 Å². The number of aromatic carboxylic acids is 1. The zero-order valence-corrected chi connectivity index (χ0v) is 15.3. The van der Waals surface area contributed by atoms with E-state index in [1.807, 2.05) is 0 Å². The molecule has 1 heterocycles. The molecule has 2 rings (SSSR count). The highest BCUT2D eigenvalue weighted by Crippen LogP contribution is 2.26. The number of carboxylic acid groups (broad SMARTS) is 2. The lowest BCUT2D eigenvalue weighted by molar-refractivity contribution is -0.148. The van der Waals surface area contributed by atoms with Gasteiger partial charge in [-0.3, -0.25) is 4.79 Å².